The molecule has 1 aliphatic rings. The second-order valence-corrected chi connectivity index (χ2v) is 5.56. The van der Waals surface area contributed by atoms with Gasteiger partial charge in [0.05, 0.1) is 6.42 Å². The molecule has 1 aliphatic heterocycles. The van der Waals surface area contributed by atoms with Crippen molar-refractivity contribution < 1.29 is 26.7 Å². The molecule has 0 saturated carbocycles. The van der Waals surface area contributed by atoms with Gasteiger partial charge in [-0.2, -0.15) is 13.2 Å². The van der Waals surface area contributed by atoms with E-state index in [-0.39, 0.29) is 18.7 Å². The van der Waals surface area contributed by atoms with E-state index in [9.17, 15) is 26.7 Å². The molecule has 2 rings (SSSR count). The van der Waals surface area contributed by atoms with Gasteiger partial charge in [0, 0.05) is 38.3 Å². The van der Waals surface area contributed by atoms with E-state index in [1.807, 2.05) is 0 Å². The summed E-state index contributed by atoms with van der Waals surface area (Å²) in [6.07, 6.45) is -5.01. The maximum Gasteiger partial charge on any atom is 0.405 e. The molecule has 0 aromatic heterocycles. The molecule has 1 amide bonds. The zero-order valence-electron chi connectivity index (χ0n) is 12.8. The van der Waals surface area contributed by atoms with Crippen LogP contribution in [-0.2, 0) is 11.2 Å². The molecular formula is C15H18F5N3O. The standard InChI is InChI=1S/C15H18F5N3O/c16-11-1-2-12(17)10(7-11)8-14(24)22-9-13(15(18,19)20)23-5-3-21-4-6-23/h1-2,7,13,21H,3-6,8-9H2,(H,22,24). The monoisotopic (exact) mass is 351 g/mol. The van der Waals surface area contributed by atoms with Gasteiger partial charge in [-0.1, -0.05) is 0 Å². The fraction of sp³-hybridized carbons (Fsp3) is 0.533. The first-order chi connectivity index (χ1) is 11.3. The smallest absolute Gasteiger partial charge is 0.354 e. The highest BCUT2D eigenvalue weighted by molar-refractivity contribution is 5.78. The van der Waals surface area contributed by atoms with Gasteiger partial charge in [-0.3, -0.25) is 9.69 Å². The minimum atomic E-state index is -4.49. The largest absolute Gasteiger partial charge is 0.405 e. The average molecular weight is 351 g/mol. The Balaban J connectivity index is 1.95. The van der Waals surface area contributed by atoms with Crippen LogP contribution in [0.25, 0.3) is 0 Å². The van der Waals surface area contributed by atoms with Gasteiger partial charge in [0.25, 0.3) is 0 Å². The Labute approximate surface area is 136 Å². The lowest BCUT2D eigenvalue weighted by Gasteiger charge is -2.35. The Hall–Kier alpha value is -1.74. The first-order valence-electron chi connectivity index (χ1n) is 7.49. The van der Waals surface area contributed by atoms with Crippen LogP contribution >= 0.6 is 0 Å². The number of rotatable bonds is 5. The molecule has 24 heavy (non-hydrogen) atoms. The summed E-state index contributed by atoms with van der Waals surface area (Å²) in [4.78, 5) is 13.0. The maximum absolute atomic E-state index is 13.5. The van der Waals surface area contributed by atoms with Crippen molar-refractivity contribution in [1.29, 1.82) is 0 Å². The second-order valence-electron chi connectivity index (χ2n) is 5.56. The van der Waals surface area contributed by atoms with Crippen molar-refractivity contribution in [2.24, 2.45) is 0 Å². The Morgan fingerprint density at radius 2 is 1.92 bits per heavy atom. The number of benzene rings is 1. The first kappa shape index (κ1) is 18.6. The van der Waals surface area contributed by atoms with E-state index >= 15 is 0 Å². The molecule has 0 radical (unpaired) electrons. The lowest BCUT2D eigenvalue weighted by molar-refractivity contribution is -0.184. The Bertz CT molecular complexity index is 573. The van der Waals surface area contributed by atoms with Gasteiger partial charge in [-0.25, -0.2) is 8.78 Å². The van der Waals surface area contributed by atoms with Gasteiger partial charge < -0.3 is 10.6 Å². The normalized spacial score (nSPS) is 17.5. The highest BCUT2D eigenvalue weighted by Gasteiger charge is 2.43. The van der Waals surface area contributed by atoms with Crippen LogP contribution in [-0.4, -0.2) is 55.7 Å². The Kier molecular flexibility index (Phi) is 6.11. The van der Waals surface area contributed by atoms with Crippen molar-refractivity contribution in [3.63, 3.8) is 0 Å². The average Bonchev–Trinajstić information content (AvgIpc) is 2.51. The highest BCUT2D eigenvalue weighted by Crippen LogP contribution is 2.24. The van der Waals surface area contributed by atoms with Gasteiger partial charge in [0.2, 0.25) is 5.91 Å². The fourth-order valence-corrected chi connectivity index (χ4v) is 2.57. The van der Waals surface area contributed by atoms with Crippen LogP contribution in [0.4, 0.5) is 22.0 Å². The lowest BCUT2D eigenvalue weighted by atomic mass is 10.1. The molecule has 2 N–H and O–H groups in total. The molecule has 9 heteroatoms. The number of carbonyl (C=O) groups excluding carboxylic acids is 1. The van der Waals surface area contributed by atoms with Crippen LogP contribution in [0.2, 0.25) is 0 Å². The van der Waals surface area contributed by atoms with Crippen molar-refractivity contribution in [3.8, 4) is 0 Å². The van der Waals surface area contributed by atoms with Gasteiger partial charge in [0.15, 0.2) is 0 Å². The molecule has 4 nitrogen and oxygen atoms in total. The van der Waals surface area contributed by atoms with E-state index in [0.717, 1.165) is 18.2 Å². The van der Waals surface area contributed by atoms with Crippen molar-refractivity contribution >= 4 is 5.91 Å². The molecular weight excluding hydrogens is 333 g/mol. The number of alkyl halides is 3. The molecule has 0 spiro atoms. The van der Waals surface area contributed by atoms with Crippen molar-refractivity contribution in [2.45, 2.75) is 18.6 Å². The lowest BCUT2D eigenvalue weighted by Crippen LogP contribution is -2.57. The van der Waals surface area contributed by atoms with Crippen LogP contribution in [0.15, 0.2) is 18.2 Å². The Morgan fingerprint density at radius 3 is 2.54 bits per heavy atom. The molecule has 0 aliphatic carbocycles. The number of amides is 1. The van der Waals surface area contributed by atoms with Crippen LogP contribution in [0, 0.1) is 11.6 Å². The quantitative estimate of drug-likeness (QED) is 0.790. The summed E-state index contributed by atoms with van der Waals surface area (Å²) in [6.45, 7) is 0.695. The van der Waals surface area contributed by atoms with Crippen LogP contribution < -0.4 is 10.6 Å². The van der Waals surface area contributed by atoms with Gasteiger partial charge in [-0.05, 0) is 18.2 Å². The third-order valence-corrected chi connectivity index (χ3v) is 3.82. The molecule has 1 unspecified atom stereocenters. The summed E-state index contributed by atoms with van der Waals surface area (Å²) < 4.78 is 66.0. The minimum Gasteiger partial charge on any atom is -0.354 e. The molecule has 1 heterocycles. The molecule has 1 saturated heterocycles. The first-order valence-corrected chi connectivity index (χ1v) is 7.49. The van der Waals surface area contributed by atoms with E-state index in [1.54, 1.807) is 0 Å². The van der Waals surface area contributed by atoms with E-state index in [1.165, 1.54) is 4.90 Å². The van der Waals surface area contributed by atoms with E-state index < -0.39 is 42.7 Å². The molecule has 1 aromatic carbocycles. The van der Waals surface area contributed by atoms with Crippen molar-refractivity contribution in [1.82, 2.24) is 15.5 Å². The molecule has 1 fully saturated rings. The predicted octanol–water partition coefficient (Wildman–Crippen LogP) is 1.46. The second kappa shape index (κ2) is 7.89. The third kappa shape index (κ3) is 5.13. The fourth-order valence-electron chi connectivity index (χ4n) is 2.57. The summed E-state index contributed by atoms with van der Waals surface area (Å²) in [6, 6.07) is 0.825. The summed E-state index contributed by atoms with van der Waals surface area (Å²) in [5.74, 6) is -2.28. The van der Waals surface area contributed by atoms with E-state index in [4.69, 9.17) is 0 Å². The zero-order chi connectivity index (χ0) is 17.7. The molecule has 0 bridgehead atoms. The number of piperazine rings is 1. The third-order valence-electron chi connectivity index (χ3n) is 3.82. The number of hydrogen-bond donors (Lipinski definition) is 2. The van der Waals surface area contributed by atoms with Crippen LogP contribution in [0.1, 0.15) is 5.56 Å². The summed E-state index contributed by atoms with van der Waals surface area (Å²) in [5, 5.41) is 5.13. The van der Waals surface area contributed by atoms with E-state index in [0.29, 0.717) is 13.1 Å². The number of nitrogens with zero attached hydrogens (tertiary/aromatic N) is 1. The minimum absolute atomic E-state index is 0.196. The predicted molar refractivity (Wildman–Crippen MR) is 77.4 cm³/mol. The number of carbonyl (C=O) groups is 1. The molecule has 1 atom stereocenters. The maximum atomic E-state index is 13.5. The van der Waals surface area contributed by atoms with Crippen molar-refractivity contribution in [3.05, 3.63) is 35.4 Å². The van der Waals surface area contributed by atoms with Gasteiger partial charge in [0.1, 0.15) is 17.7 Å². The summed E-state index contributed by atoms with van der Waals surface area (Å²) in [5.41, 5.74) is -0.196. The SMILES string of the molecule is O=C(Cc1cc(F)ccc1F)NCC(N1CCNCC1)C(F)(F)F. The summed E-state index contributed by atoms with van der Waals surface area (Å²) in [7, 11) is 0. The zero-order valence-corrected chi connectivity index (χ0v) is 12.8. The van der Waals surface area contributed by atoms with Crippen LogP contribution in [0.3, 0.4) is 0 Å². The number of halogens is 5. The number of nitrogens with one attached hydrogen (secondary N) is 2. The van der Waals surface area contributed by atoms with Crippen LogP contribution in [0.5, 0.6) is 0 Å². The Morgan fingerprint density at radius 1 is 1.25 bits per heavy atom. The molecule has 134 valence electrons. The summed E-state index contributed by atoms with van der Waals surface area (Å²) >= 11 is 0. The van der Waals surface area contributed by atoms with Crippen molar-refractivity contribution in [2.75, 3.05) is 32.7 Å². The van der Waals surface area contributed by atoms with Gasteiger partial charge in [-0.15, -0.1) is 0 Å². The van der Waals surface area contributed by atoms with E-state index in [2.05, 4.69) is 10.6 Å². The topological polar surface area (TPSA) is 44.4 Å². The van der Waals surface area contributed by atoms with Gasteiger partial charge >= 0.3 is 6.18 Å². The molecule has 1 aromatic rings. The highest BCUT2D eigenvalue weighted by atomic mass is 19.4. The number of hydrogen-bond acceptors (Lipinski definition) is 3.